The zero-order valence-electron chi connectivity index (χ0n) is 7.23. The van der Waals surface area contributed by atoms with Crippen molar-refractivity contribution in [2.24, 2.45) is 7.05 Å². The highest BCUT2D eigenvalue weighted by molar-refractivity contribution is 5.36. The van der Waals surface area contributed by atoms with E-state index in [1.807, 2.05) is 24.0 Å². The third-order valence-corrected chi connectivity index (χ3v) is 1.99. The summed E-state index contributed by atoms with van der Waals surface area (Å²) in [6, 6.07) is 2.01. The van der Waals surface area contributed by atoms with Crippen LogP contribution in [-0.4, -0.2) is 29.7 Å². The summed E-state index contributed by atoms with van der Waals surface area (Å²) in [5.74, 6) is 1.01. The molecular weight excluding hydrogens is 154 g/mol. The van der Waals surface area contributed by atoms with E-state index in [-0.39, 0.29) is 0 Å². The third-order valence-electron chi connectivity index (χ3n) is 1.99. The molecule has 1 aliphatic rings. The Labute approximate surface area is 71.7 Å². The van der Waals surface area contributed by atoms with Crippen molar-refractivity contribution in [3.8, 4) is 0 Å². The molecule has 0 N–H and O–H groups in total. The van der Waals surface area contributed by atoms with Gasteiger partial charge >= 0.3 is 0 Å². The van der Waals surface area contributed by atoms with Gasteiger partial charge in [-0.05, 0) is 6.42 Å². The zero-order valence-corrected chi connectivity index (χ0v) is 7.23. The Hall–Kier alpha value is -1.03. The molecule has 1 aromatic heterocycles. The van der Waals surface area contributed by atoms with Crippen LogP contribution >= 0.6 is 0 Å². The predicted octanol–water partition coefficient (Wildman–Crippen LogP) is 0.604. The zero-order chi connectivity index (χ0) is 8.39. The minimum absolute atomic E-state index is 0.678. The van der Waals surface area contributed by atoms with E-state index in [4.69, 9.17) is 4.74 Å². The molecule has 12 heavy (non-hydrogen) atoms. The van der Waals surface area contributed by atoms with Gasteiger partial charge in [0.1, 0.15) is 6.73 Å². The molecule has 0 bridgehead atoms. The van der Waals surface area contributed by atoms with Crippen LogP contribution in [0.25, 0.3) is 0 Å². The Morgan fingerprint density at radius 2 is 2.50 bits per heavy atom. The summed E-state index contributed by atoms with van der Waals surface area (Å²) in [6.45, 7) is 2.61. The average Bonchev–Trinajstić information content (AvgIpc) is 2.54. The van der Waals surface area contributed by atoms with Gasteiger partial charge < -0.3 is 9.64 Å². The highest BCUT2D eigenvalue weighted by Crippen LogP contribution is 2.12. The standard InChI is InChI=1S/C8H13N3O/c1-10-5-3-8(9-10)11-4-2-6-12-7-11/h3,5H,2,4,6-7H2,1H3. The second kappa shape index (κ2) is 3.15. The minimum atomic E-state index is 0.678. The molecule has 2 rings (SSSR count). The van der Waals surface area contributed by atoms with Gasteiger partial charge in [0.25, 0.3) is 0 Å². The lowest BCUT2D eigenvalue weighted by atomic mass is 10.4. The van der Waals surface area contributed by atoms with Gasteiger partial charge in [0.15, 0.2) is 5.82 Å². The fourth-order valence-corrected chi connectivity index (χ4v) is 1.35. The molecular formula is C8H13N3O. The maximum atomic E-state index is 5.32. The van der Waals surface area contributed by atoms with Gasteiger partial charge in [-0.2, -0.15) is 5.10 Å². The topological polar surface area (TPSA) is 30.3 Å². The fraction of sp³-hybridized carbons (Fsp3) is 0.625. The monoisotopic (exact) mass is 167 g/mol. The smallest absolute Gasteiger partial charge is 0.152 e. The first-order valence-corrected chi connectivity index (χ1v) is 4.18. The van der Waals surface area contributed by atoms with Crippen LogP contribution in [0.2, 0.25) is 0 Å². The van der Waals surface area contributed by atoms with E-state index in [0.717, 1.165) is 25.4 Å². The molecule has 0 aliphatic carbocycles. The summed E-state index contributed by atoms with van der Waals surface area (Å²) in [5, 5.41) is 4.30. The van der Waals surface area contributed by atoms with Gasteiger partial charge in [0.05, 0.1) is 6.61 Å². The SMILES string of the molecule is Cn1ccc(N2CCCOC2)n1. The van der Waals surface area contributed by atoms with E-state index < -0.39 is 0 Å². The first-order valence-electron chi connectivity index (χ1n) is 4.18. The van der Waals surface area contributed by atoms with E-state index in [1.165, 1.54) is 0 Å². The summed E-state index contributed by atoms with van der Waals surface area (Å²) in [4.78, 5) is 2.14. The molecule has 0 aromatic carbocycles. The number of rotatable bonds is 1. The second-order valence-corrected chi connectivity index (χ2v) is 3.00. The number of hydrogen-bond acceptors (Lipinski definition) is 3. The Kier molecular flexibility index (Phi) is 1.99. The van der Waals surface area contributed by atoms with Gasteiger partial charge in [0, 0.05) is 25.9 Å². The summed E-state index contributed by atoms with van der Waals surface area (Å²) < 4.78 is 7.13. The van der Waals surface area contributed by atoms with Crippen LogP contribution in [0.3, 0.4) is 0 Å². The lowest BCUT2D eigenvalue weighted by Crippen LogP contribution is -2.33. The van der Waals surface area contributed by atoms with Crippen LogP contribution in [0.4, 0.5) is 5.82 Å². The third kappa shape index (κ3) is 1.43. The first-order chi connectivity index (χ1) is 5.86. The lowest BCUT2D eigenvalue weighted by molar-refractivity contribution is 0.106. The van der Waals surface area contributed by atoms with Gasteiger partial charge in [0.2, 0.25) is 0 Å². The van der Waals surface area contributed by atoms with Crippen LogP contribution in [0.1, 0.15) is 6.42 Å². The number of aromatic nitrogens is 2. The van der Waals surface area contributed by atoms with E-state index >= 15 is 0 Å². The van der Waals surface area contributed by atoms with Gasteiger partial charge in [-0.25, -0.2) is 0 Å². The fourth-order valence-electron chi connectivity index (χ4n) is 1.35. The summed E-state index contributed by atoms with van der Waals surface area (Å²) in [6.07, 6.45) is 3.04. The van der Waals surface area contributed by atoms with E-state index in [0.29, 0.717) is 6.73 Å². The summed E-state index contributed by atoms with van der Waals surface area (Å²) in [7, 11) is 1.92. The van der Waals surface area contributed by atoms with Crippen molar-refractivity contribution in [2.75, 3.05) is 24.8 Å². The van der Waals surface area contributed by atoms with Crippen molar-refractivity contribution in [3.63, 3.8) is 0 Å². The van der Waals surface area contributed by atoms with Crippen LogP contribution in [-0.2, 0) is 11.8 Å². The van der Waals surface area contributed by atoms with Crippen molar-refractivity contribution >= 4 is 5.82 Å². The second-order valence-electron chi connectivity index (χ2n) is 3.00. The van der Waals surface area contributed by atoms with Crippen LogP contribution in [0.5, 0.6) is 0 Å². The normalized spacial score (nSPS) is 18.2. The number of hydrogen-bond donors (Lipinski definition) is 0. The highest BCUT2D eigenvalue weighted by atomic mass is 16.5. The summed E-state index contributed by atoms with van der Waals surface area (Å²) >= 11 is 0. The first kappa shape index (κ1) is 7.61. The van der Waals surface area contributed by atoms with Crippen molar-refractivity contribution in [1.82, 2.24) is 9.78 Å². The number of ether oxygens (including phenoxy) is 1. The molecule has 4 heteroatoms. The molecule has 0 amide bonds. The number of aryl methyl sites for hydroxylation is 1. The number of nitrogens with zero attached hydrogens (tertiary/aromatic N) is 3. The molecule has 0 atom stereocenters. The Balaban J connectivity index is 2.08. The van der Waals surface area contributed by atoms with E-state index in [1.54, 1.807) is 0 Å². The van der Waals surface area contributed by atoms with Crippen molar-refractivity contribution < 1.29 is 4.74 Å². The molecule has 1 saturated heterocycles. The van der Waals surface area contributed by atoms with Crippen LogP contribution in [0.15, 0.2) is 12.3 Å². The Bertz CT molecular complexity index is 253. The van der Waals surface area contributed by atoms with Crippen molar-refractivity contribution in [3.05, 3.63) is 12.3 Å². The largest absolute Gasteiger partial charge is 0.361 e. The van der Waals surface area contributed by atoms with E-state index in [2.05, 4.69) is 10.00 Å². The molecule has 66 valence electrons. The molecule has 0 spiro atoms. The average molecular weight is 167 g/mol. The quantitative estimate of drug-likeness (QED) is 0.613. The Morgan fingerprint density at radius 3 is 3.08 bits per heavy atom. The predicted molar refractivity (Wildman–Crippen MR) is 46.0 cm³/mol. The molecule has 1 aliphatic heterocycles. The molecule has 1 fully saturated rings. The molecule has 4 nitrogen and oxygen atoms in total. The van der Waals surface area contributed by atoms with Crippen molar-refractivity contribution in [2.45, 2.75) is 6.42 Å². The maximum absolute atomic E-state index is 5.32. The van der Waals surface area contributed by atoms with Crippen LogP contribution < -0.4 is 4.90 Å². The summed E-state index contributed by atoms with van der Waals surface area (Å²) in [5.41, 5.74) is 0. The molecule has 2 heterocycles. The van der Waals surface area contributed by atoms with Crippen LogP contribution in [0, 0.1) is 0 Å². The van der Waals surface area contributed by atoms with Gasteiger partial charge in [-0.1, -0.05) is 0 Å². The Morgan fingerprint density at radius 1 is 1.58 bits per heavy atom. The van der Waals surface area contributed by atoms with E-state index in [9.17, 15) is 0 Å². The lowest BCUT2D eigenvalue weighted by Gasteiger charge is -2.26. The van der Waals surface area contributed by atoms with Crippen molar-refractivity contribution in [1.29, 1.82) is 0 Å². The number of anilines is 1. The molecule has 0 unspecified atom stereocenters. The maximum Gasteiger partial charge on any atom is 0.152 e. The molecule has 0 radical (unpaired) electrons. The molecule has 0 saturated carbocycles. The molecule has 1 aromatic rings. The van der Waals surface area contributed by atoms with Gasteiger partial charge in [-0.3, -0.25) is 4.68 Å². The van der Waals surface area contributed by atoms with Gasteiger partial charge in [-0.15, -0.1) is 0 Å². The highest BCUT2D eigenvalue weighted by Gasteiger charge is 2.12. The minimum Gasteiger partial charge on any atom is -0.361 e.